The lowest BCUT2D eigenvalue weighted by Gasteiger charge is -2.31. The second-order valence-electron chi connectivity index (χ2n) is 5.74. The number of aromatic nitrogens is 2. The van der Waals surface area contributed by atoms with E-state index in [-0.39, 0.29) is 17.9 Å². The van der Waals surface area contributed by atoms with Crippen LogP contribution in [0.2, 0.25) is 0 Å². The van der Waals surface area contributed by atoms with Gasteiger partial charge in [0.15, 0.2) is 0 Å². The van der Waals surface area contributed by atoms with Crippen LogP contribution in [-0.4, -0.2) is 26.7 Å². The van der Waals surface area contributed by atoms with Crippen molar-refractivity contribution in [1.29, 1.82) is 0 Å². The lowest BCUT2D eigenvalue weighted by molar-refractivity contribution is -0.144. The number of carbonyl (C=O) groups is 2. The Hall–Kier alpha value is -1.65. The molecular formula is C14H19N3O2. The van der Waals surface area contributed by atoms with Gasteiger partial charge in [-0.2, -0.15) is 0 Å². The number of hydrogen-bond donors (Lipinski definition) is 1. The number of carbonyl (C=O) groups excluding carboxylic acids is 2. The summed E-state index contributed by atoms with van der Waals surface area (Å²) in [5.74, 6) is 0.645. The Labute approximate surface area is 112 Å². The van der Waals surface area contributed by atoms with Gasteiger partial charge in [0.05, 0.1) is 11.5 Å². The number of likely N-dealkylation sites (tertiary alicyclic amines) is 1. The molecule has 2 aliphatic rings. The Morgan fingerprint density at radius 1 is 1.32 bits per heavy atom. The minimum absolute atomic E-state index is 0.0149. The van der Waals surface area contributed by atoms with E-state index in [1.54, 1.807) is 12.4 Å². The van der Waals surface area contributed by atoms with Crippen LogP contribution in [0.4, 0.5) is 0 Å². The maximum atomic E-state index is 12.7. The van der Waals surface area contributed by atoms with Crippen LogP contribution >= 0.6 is 0 Å². The topological polar surface area (TPSA) is 66.1 Å². The van der Waals surface area contributed by atoms with E-state index in [9.17, 15) is 9.59 Å². The van der Waals surface area contributed by atoms with E-state index < -0.39 is 5.41 Å². The Balaban J connectivity index is 1.87. The third-order valence-corrected chi connectivity index (χ3v) is 4.54. The first-order valence-corrected chi connectivity index (χ1v) is 7.00. The normalized spacial score (nSPS) is 24.2. The molecule has 1 saturated heterocycles. The van der Waals surface area contributed by atoms with Gasteiger partial charge >= 0.3 is 0 Å². The fraction of sp³-hybridized carbons (Fsp3) is 0.643. The van der Waals surface area contributed by atoms with Gasteiger partial charge in [-0.05, 0) is 19.8 Å². The first-order valence-electron chi connectivity index (χ1n) is 7.00. The third-order valence-electron chi connectivity index (χ3n) is 4.54. The summed E-state index contributed by atoms with van der Waals surface area (Å²) in [7, 11) is 0. The van der Waals surface area contributed by atoms with Gasteiger partial charge in [-0.3, -0.25) is 14.5 Å². The molecule has 1 unspecified atom stereocenters. The number of amides is 2. The van der Waals surface area contributed by atoms with Crippen LogP contribution in [0.15, 0.2) is 12.4 Å². The summed E-state index contributed by atoms with van der Waals surface area (Å²) in [4.78, 5) is 33.5. The molecule has 2 fully saturated rings. The summed E-state index contributed by atoms with van der Waals surface area (Å²) in [5, 5.41) is 0. The fourth-order valence-corrected chi connectivity index (χ4v) is 3.46. The predicted molar refractivity (Wildman–Crippen MR) is 69.0 cm³/mol. The van der Waals surface area contributed by atoms with Crippen molar-refractivity contribution in [2.75, 3.05) is 0 Å². The summed E-state index contributed by atoms with van der Waals surface area (Å²) in [6.07, 6.45) is 8.76. The monoisotopic (exact) mass is 261 g/mol. The molecule has 1 atom stereocenters. The number of imidazole rings is 1. The second kappa shape index (κ2) is 4.47. The van der Waals surface area contributed by atoms with Gasteiger partial charge < -0.3 is 4.98 Å². The molecule has 0 radical (unpaired) electrons. The number of imide groups is 1. The zero-order chi connectivity index (χ0) is 13.5. The highest BCUT2D eigenvalue weighted by Gasteiger charge is 2.53. The molecular weight excluding hydrogens is 242 g/mol. The summed E-state index contributed by atoms with van der Waals surface area (Å²) in [6, 6.07) is -0.295. The number of hydrogen-bond acceptors (Lipinski definition) is 3. The molecule has 1 saturated carbocycles. The van der Waals surface area contributed by atoms with Gasteiger partial charge in [0, 0.05) is 18.8 Å². The average Bonchev–Trinajstić information content (AvgIpc) is 2.99. The molecule has 1 aromatic heterocycles. The third kappa shape index (κ3) is 1.88. The first kappa shape index (κ1) is 12.4. The van der Waals surface area contributed by atoms with Crippen molar-refractivity contribution in [3.8, 4) is 0 Å². The molecule has 0 aromatic carbocycles. The standard InChI is InChI=1S/C14H19N3O2/c1-10(12-15-7-8-16-12)17-11(18)9-14(13(17)19)5-3-2-4-6-14/h7-8,10H,2-6,9H2,1H3,(H,15,16). The number of nitrogens with zero attached hydrogens (tertiary/aromatic N) is 2. The van der Waals surface area contributed by atoms with Gasteiger partial charge in [-0.25, -0.2) is 4.98 Å². The zero-order valence-corrected chi connectivity index (χ0v) is 11.2. The highest BCUT2D eigenvalue weighted by molar-refractivity contribution is 6.06. The molecule has 2 heterocycles. The van der Waals surface area contributed by atoms with Crippen molar-refractivity contribution >= 4 is 11.8 Å². The molecule has 19 heavy (non-hydrogen) atoms. The van der Waals surface area contributed by atoms with Crippen molar-refractivity contribution < 1.29 is 9.59 Å². The van der Waals surface area contributed by atoms with E-state index in [2.05, 4.69) is 9.97 Å². The van der Waals surface area contributed by atoms with Crippen LogP contribution in [0.1, 0.15) is 57.3 Å². The summed E-state index contributed by atoms with van der Waals surface area (Å²) in [6.45, 7) is 1.86. The van der Waals surface area contributed by atoms with Crippen molar-refractivity contribution in [2.45, 2.75) is 51.5 Å². The van der Waals surface area contributed by atoms with Crippen LogP contribution in [0.25, 0.3) is 0 Å². The van der Waals surface area contributed by atoms with Gasteiger partial charge in [-0.1, -0.05) is 19.3 Å². The van der Waals surface area contributed by atoms with E-state index in [4.69, 9.17) is 0 Å². The van der Waals surface area contributed by atoms with Crippen LogP contribution in [0.5, 0.6) is 0 Å². The lowest BCUT2D eigenvalue weighted by Crippen LogP contribution is -2.38. The fourth-order valence-electron chi connectivity index (χ4n) is 3.46. The predicted octanol–water partition coefficient (Wildman–Crippen LogP) is 2.18. The van der Waals surface area contributed by atoms with Gasteiger partial charge in [0.2, 0.25) is 11.8 Å². The SMILES string of the molecule is CC(c1ncc[nH]1)N1C(=O)CC2(CCCCC2)C1=O. The molecule has 3 rings (SSSR count). The zero-order valence-electron chi connectivity index (χ0n) is 11.2. The molecule has 102 valence electrons. The molecule has 5 nitrogen and oxygen atoms in total. The van der Waals surface area contributed by atoms with E-state index in [0.717, 1.165) is 25.7 Å². The average molecular weight is 261 g/mol. The molecule has 2 amide bonds. The number of H-pyrrole nitrogens is 1. The highest BCUT2D eigenvalue weighted by Crippen LogP contribution is 2.47. The Morgan fingerprint density at radius 2 is 2.05 bits per heavy atom. The van der Waals surface area contributed by atoms with Gasteiger partial charge in [0.1, 0.15) is 5.82 Å². The molecule has 1 N–H and O–H groups in total. The first-order chi connectivity index (χ1) is 9.14. The largest absolute Gasteiger partial charge is 0.347 e. The number of aromatic amines is 1. The van der Waals surface area contributed by atoms with E-state index in [0.29, 0.717) is 12.2 Å². The van der Waals surface area contributed by atoms with Gasteiger partial charge in [-0.15, -0.1) is 0 Å². The molecule has 1 aromatic rings. The van der Waals surface area contributed by atoms with Crippen molar-refractivity contribution in [3.05, 3.63) is 18.2 Å². The molecule has 1 aliphatic heterocycles. The highest BCUT2D eigenvalue weighted by atomic mass is 16.2. The summed E-state index contributed by atoms with van der Waals surface area (Å²) < 4.78 is 0. The maximum Gasteiger partial charge on any atom is 0.236 e. The Bertz CT molecular complexity index is 489. The van der Waals surface area contributed by atoms with Crippen LogP contribution in [0, 0.1) is 5.41 Å². The molecule has 5 heteroatoms. The Morgan fingerprint density at radius 3 is 2.68 bits per heavy atom. The van der Waals surface area contributed by atoms with E-state index >= 15 is 0 Å². The Kier molecular flexibility index (Phi) is 2.92. The van der Waals surface area contributed by atoms with Gasteiger partial charge in [0.25, 0.3) is 0 Å². The molecule has 1 aliphatic carbocycles. The number of nitrogens with one attached hydrogen (secondary N) is 1. The smallest absolute Gasteiger partial charge is 0.236 e. The molecule has 0 bridgehead atoms. The summed E-state index contributed by atoms with van der Waals surface area (Å²) in [5.41, 5.74) is -0.407. The van der Waals surface area contributed by atoms with E-state index in [1.165, 1.54) is 11.3 Å². The van der Waals surface area contributed by atoms with Crippen molar-refractivity contribution in [1.82, 2.24) is 14.9 Å². The van der Waals surface area contributed by atoms with E-state index in [1.807, 2.05) is 6.92 Å². The van der Waals surface area contributed by atoms with Crippen molar-refractivity contribution in [3.63, 3.8) is 0 Å². The summed E-state index contributed by atoms with van der Waals surface area (Å²) >= 11 is 0. The second-order valence-corrected chi connectivity index (χ2v) is 5.74. The van der Waals surface area contributed by atoms with Crippen LogP contribution < -0.4 is 0 Å². The molecule has 1 spiro atoms. The quantitative estimate of drug-likeness (QED) is 0.830. The van der Waals surface area contributed by atoms with Crippen LogP contribution in [-0.2, 0) is 9.59 Å². The van der Waals surface area contributed by atoms with Crippen molar-refractivity contribution in [2.24, 2.45) is 5.41 Å². The van der Waals surface area contributed by atoms with Crippen LogP contribution in [0.3, 0.4) is 0 Å². The minimum atomic E-state index is -0.407. The maximum absolute atomic E-state index is 12.7. The minimum Gasteiger partial charge on any atom is -0.347 e. The number of rotatable bonds is 2. The lowest BCUT2D eigenvalue weighted by atomic mass is 9.73.